The Kier molecular flexibility index (Phi) is 7.19. The topological polar surface area (TPSA) is 76.1 Å². The number of amides is 1. The molecule has 1 saturated heterocycles. The quantitative estimate of drug-likeness (QED) is 0.159. The molecular weight excluding hydrogens is 490 g/mol. The standard InChI is InChI=1S/C33H29NO5/c1-21(2)38-27-16-9-12-24(20-27)31(35)29-30(34(33(37)32(29)36)25-13-7-10-22(3)18-25)23-11-8-17-28(19-23)39-26-14-5-4-6-15-26/h4-21,30,35H,1-3H3/b31-29-. The Hall–Kier alpha value is -4.84. The van der Waals surface area contributed by atoms with E-state index in [4.69, 9.17) is 9.47 Å². The second-order valence-electron chi connectivity index (χ2n) is 9.69. The van der Waals surface area contributed by atoms with E-state index in [0.29, 0.717) is 34.1 Å². The average molecular weight is 520 g/mol. The molecule has 1 aliphatic rings. The number of Topliss-reactive ketones (excluding diaryl/α,β-unsaturated/α-hetero) is 1. The largest absolute Gasteiger partial charge is 0.507 e. The van der Waals surface area contributed by atoms with E-state index in [1.54, 1.807) is 42.5 Å². The summed E-state index contributed by atoms with van der Waals surface area (Å²) in [4.78, 5) is 28.5. The molecule has 5 rings (SSSR count). The highest BCUT2D eigenvalue weighted by Gasteiger charge is 2.47. The summed E-state index contributed by atoms with van der Waals surface area (Å²) in [6.07, 6.45) is -0.0679. The number of aliphatic hydroxyl groups excluding tert-OH is 1. The van der Waals surface area contributed by atoms with Crippen LogP contribution in [0, 0.1) is 6.92 Å². The van der Waals surface area contributed by atoms with Crippen molar-refractivity contribution in [3.05, 3.63) is 125 Å². The number of nitrogens with zero attached hydrogens (tertiary/aromatic N) is 1. The summed E-state index contributed by atoms with van der Waals surface area (Å²) in [5.41, 5.74) is 2.51. The van der Waals surface area contributed by atoms with Crippen molar-refractivity contribution in [1.29, 1.82) is 0 Å². The monoisotopic (exact) mass is 519 g/mol. The first-order chi connectivity index (χ1) is 18.8. The lowest BCUT2D eigenvalue weighted by atomic mass is 9.94. The Morgan fingerprint density at radius 2 is 1.49 bits per heavy atom. The lowest BCUT2D eigenvalue weighted by molar-refractivity contribution is -0.132. The Labute approximate surface area is 227 Å². The third kappa shape index (κ3) is 5.41. The van der Waals surface area contributed by atoms with Gasteiger partial charge in [0.1, 0.15) is 23.0 Å². The molecule has 0 saturated carbocycles. The number of ether oxygens (including phenoxy) is 2. The van der Waals surface area contributed by atoms with Gasteiger partial charge in [0, 0.05) is 11.3 Å². The summed E-state index contributed by atoms with van der Waals surface area (Å²) >= 11 is 0. The van der Waals surface area contributed by atoms with E-state index in [1.165, 1.54) is 4.90 Å². The zero-order chi connectivity index (χ0) is 27.5. The van der Waals surface area contributed by atoms with Gasteiger partial charge in [-0.2, -0.15) is 0 Å². The van der Waals surface area contributed by atoms with Gasteiger partial charge < -0.3 is 14.6 Å². The van der Waals surface area contributed by atoms with E-state index < -0.39 is 17.7 Å². The number of benzene rings is 4. The summed E-state index contributed by atoms with van der Waals surface area (Å²) in [5, 5.41) is 11.5. The van der Waals surface area contributed by atoms with Gasteiger partial charge in [-0.05, 0) is 80.4 Å². The number of hydrogen-bond donors (Lipinski definition) is 1. The molecule has 196 valence electrons. The Morgan fingerprint density at radius 3 is 2.23 bits per heavy atom. The molecule has 1 unspecified atom stereocenters. The first-order valence-corrected chi connectivity index (χ1v) is 12.8. The molecule has 0 radical (unpaired) electrons. The molecule has 6 nitrogen and oxygen atoms in total. The Balaban J connectivity index is 1.66. The summed E-state index contributed by atoms with van der Waals surface area (Å²) < 4.78 is 11.8. The van der Waals surface area contributed by atoms with E-state index in [9.17, 15) is 14.7 Å². The molecule has 6 heteroatoms. The van der Waals surface area contributed by atoms with E-state index in [0.717, 1.165) is 5.56 Å². The smallest absolute Gasteiger partial charge is 0.300 e. The minimum absolute atomic E-state index is 0.0000594. The first-order valence-electron chi connectivity index (χ1n) is 12.8. The first kappa shape index (κ1) is 25.8. The van der Waals surface area contributed by atoms with E-state index in [1.807, 2.05) is 81.4 Å². The molecule has 1 N–H and O–H groups in total. The van der Waals surface area contributed by atoms with Crippen LogP contribution < -0.4 is 14.4 Å². The van der Waals surface area contributed by atoms with Gasteiger partial charge in [-0.25, -0.2) is 0 Å². The lowest BCUT2D eigenvalue weighted by Crippen LogP contribution is -2.29. The van der Waals surface area contributed by atoms with Crippen LogP contribution in [0.3, 0.4) is 0 Å². The molecular formula is C33H29NO5. The molecule has 4 aromatic carbocycles. The van der Waals surface area contributed by atoms with Crippen molar-refractivity contribution in [3.63, 3.8) is 0 Å². The van der Waals surface area contributed by atoms with E-state index in [-0.39, 0.29) is 17.4 Å². The van der Waals surface area contributed by atoms with Crippen LogP contribution in [0.5, 0.6) is 17.2 Å². The number of carbonyl (C=O) groups is 2. The molecule has 1 heterocycles. The number of ketones is 1. The van der Waals surface area contributed by atoms with E-state index in [2.05, 4.69) is 0 Å². The fourth-order valence-corrected chi connectivity index (χ4v) is 4.71. The molecule has 1 amide bonds. The Bertz CT molecular complexity index is 1560. The third-order valence-corrected chi connectivity index (χ3v) is 6.36. The summed E-state index contributed by atoms with van der Waals surface area (Å²) in [6, 6.07) is 30.0. The number of aryl methyl sites for hydroxylation is 1. The zero-order valence-electron chi connectivity index (χ0n) is 22.0. The minimum atomic E-state index is -0.874. The van der Waals surface area contributed by atoms with Crippen molar-refractivity contribution in [2.45, 2.75) is 32.9 Å². The van der Waals surface area contributed by atoms with Crippen molar-refractivity contribution in [2.24, 2.45) is 0 Å². The number of aliphatic hydroxyl groups is 1. The van der Waals surface area contributed by atoms with Crippen LogP contribution in [-0.2, 0) is 9.59 Å². The average Bonchev–Trinajstić information content (AvgIpc) is 3.19. The van der Waals surface area contributed by atoms with Crippen LogP contribution >= 0.6 is 0 Å². The van der Waals surface area contributed by atoms with Crippen LogP contribution in [0.1, 0.15) is 36.6 Å². The SMILES string of the molecule is Cc1cccc(N2C(=O)C(=O)/C(=C(\O)c3cccc(OC(C)C)c3)C2c2cccc(Oc3ccccc3)c2)c1. The van der Waals surface area contributed by atoms with Crippen molar-refractivity contribution >= 4 is 23.1 Å². The molecule has 1 fully saturated rings. The maximum Gasteiger partial charge on any atom is 0.300 e. The van der Waals surface area contributed by atoms with Crippen molar-refractivity contribution in [3.8, 4) is 17.2 Å². The molecule has 0 spiro atoms. The van der Waals surface area contributed by atoms with Gasteiger partial charge in [0.25, 0.3) is 11.7 Å². The minimum Gasteiger partial charge on any atom is -0.507 e. The maximum absolute atomic E-state index is 13.5. The van der Waals surface area contributed by atoms with Gasteiger partial charge in [-0.3, -0.25) is 14.5 Å². The fraction of sp³-hybridized carbons (Fsp3) is 0.152. The van der Waals surface area contributed by atoms with Gasteiger partial charge in [0.05, 0.1) is 17.7 Å². The highest BCUT2D eigenvalue weighted by atomic mass is 16.5. The number of hydrogen-bond acceptors (Lipinski definition) is 5. The predicted octanol–water partition coefficient (Wildman–Crippen LogP) is 7.20. The highest BCUT2D eigenvalue weighted by Crippen LogP contribution is 2.43. The molecule has 39 heavy (non-hydrogen) atoms. The van der Waals surface area contributed by atoms with Crippen LogP contribution in [0.25, 0.3) is 5.76 Å². The summed E-state index contributed by atoms with van der Waals surface area (Å²) in [5.74, 6) is 0.0127. The molecule has 0 aliphatic carbocycles. The van der Waals surface area contributed by atoms with Crippen molar-refractivity contribution in [2.75, 3.05) is 4.90 Å². The van der Waals surface area contributed by atoms with Gasteiger partial charge in [-0.1, -0.05) is 54.6 Å². The molecule has 1 aliphatic heterocycles. The highest BCUT2D eigenvalue weighted by molar-refractivity contribution is 6.51. The Morgan fingerprint density at radius 1 is 0.795 bits per heavy atom. The number of para-hydroxylation sites is 1. The number of carbonyl (C=O) groups excluding carboxylic acids is 2. The number of anilines is 1. The molecule has 0 bridgehead atoms. The summed E-state index contributed by atoms with van der Waals surface area (Å²) in [7, 11) is 0. The van der Waals surface area contributed by atoms with Crippen LogP contribution in [-0.4, -0.2) is 22.9 Å². The maximum atomic E-state index is 13.5. The zero-order valence-corrected chi connectivity index (χ0v) is 22.0. The third-order valence-electron chi connectivity index (χ3n) is 6.36. The van der Waals surface area contributed by atoms with Crippen LogP contribution in [0.15, 0.2) is 109 Å². The molecule has 1 atom stereocenters. The van der Waals surface area contributed by atoms with Gasteiger partial charge in [0.15, 0.2) is 0 Å². The van der Waals surface area contributed by atoms with Gasteiger partial charge >= 0.3 is 0 Å². The van der Waals surface area contributed by atoms with Crippen molar-refractivity contribution in [1.82, 2.24) is 0 Å². The predicted molar refractivity (Wildman–Crippen MR) is 151 cm³/mol. The summed E-state index contributed by atoms with van der Waals surface area (Å²) in [6.45, 7) is 5.73. The fourth-order valence-electron chi connectivity index (χ4n) is 4.71. The lowest BCUT2D eigenvalue weighted by Gasteiger charge is -2.26. The second kappa shape index (κ2) is 10.9. The number of rotatable bonds is 7. The van der Waals surface area contributed by atoms with Gasteiger partial charge in [-0.15, -0.1) is 0 Å². The molecule has 4 aromatic rings. The van der Waals surface area contributed by atoms with Crippen LogP contribution in [0.4, 0.5) is 5.69 Å². The van der Waals surface area contributed by atoms with Crippen LogP contribution in [0.2, 0.25) is 0 Å². The normalized spacial score (nSPS) is 16.5. The van der Waals surface area contributed by atoms with E-state index >= 15 is 0 Å². The van der Waals surface area contributed by atoms with Crippen molar-refractivity contribution < 1.29 is 24.2 Å². The second-order valence-corrected chi connectivity index (χ2v) is 9.69. The molecule has 0 aromatic heterocycles. The van der Waals surface area contributed by atoms with Gasteiger partial charge in [0.2, 0.25) is 0 Å².